The zero-order chi connectivity index (χ0) is 13.7. The second-order valence-electron chi connectivity index (χ2n) is 5.16. The Morgan fingerprint density at radius 2 is 2.26 bits per heavy atom. The maximum Gasteiger partial charge on any atom is 0.376 e. The van der Waals surface area contributed by atoms with Crippen LogP contribution < -0.4 is 5.32 Å². The first-order valence-corrected chi connectivity index (χ1v) is 6.86. The molecule has 1 aromatic rings. The minimum Gasteiger partial charge on any atom is -0.463 e. The molecule has 0 aromatic carbocycles. The summed E-state index contributed by atoms with van der Waals surface area (Å²) in [7, 11) is 1.33. The predicted molar refractivity (Wildman–Crippen MR) is 73.0 cm³/mol. The third-order valence-corrected chi connectivity index (χ3v) is 3.86. The normalized spacial score (nSPS) is 22.8. The molecule has 1 fully saturated rings. The fourth-order valence-corrected chi connectivity index (χ4v) is 2.58. The molecule has 104 valence electrons. The van der Waals surface area contributed by atoms with E-state index in [0.717, 1.165) is 12.5 Å². The van der Waals surface area contributed by atoms with Crippen LogP contribution >= 0.6 is 0 Å². The van der Waals surface area contributed by atoms with Crippen LogP contribution in [0.25, 0.3) is 0 Å². The predicted octanol–water partition coefficient (Wildman–Crippen LogP) is 2.50. The molecule has 1 saturated carbocycles. The van der Waals surface area contributed by atoms with Crippen LogP contribution in [-0.2, 0) is 4.74 Å². The lowest BCUT2D eigenvalue weighted by Gasteiger charge is -2.28. The Morgan fingerprint density at radius 1 is 1.47 bits per heavy atom. The molecule has 0 radical (unpaired) electrons. The second kappa shape index (κ2) is 6.50. The SMILES string of the molecule is COC(=O)c1nccc(NCC2CCCCC2C)n1. The van der Waals surface area contributed by atoms with Crippen LogP contribution in [0.2, 0.25) is 0 Å². The summed E-state index contributed by atoms with van der Waals surface area (Å²) in [4.78, 5) is 19.4. The molecular formula is C14H21N3O2. The lowest BCUT2D eigenvalue weighted by molar-refractivity contribution is 0.0587. The molecule has 1 aliphatic carbocycles. The van der Waals surface area contributed by atoms with Gasteiger partial charge in [-0.15, -0.1) is 0 Å². The van der Waals surface area contributed by atoms with Crippen molar-refractivity contribution in [2.75, 3.05) is 19.0 Å². The van der Waals surface area contributed by atoms with Crippen LogP contribution in [0.4, 0.5) is 5.82 Å². The summed E-state index contributed by atoms with van der Waals surface area (Å²) >= 11 is 0. The van der Waals surface area contributed by atoms with Gasteiger partial charge >= 0.3 is 5.97 Å². The van der Waals surface area contributed by atoms with Crippen molar-refractivity contribution in [2.24, 2.45) is 11.8 Å². The monoisotopic (exact) mass is 263 g/mol. The van der Waals surface area contributed by atoms with Gasteiger partial charge in [-0.2, -0.15) is 0 Å². The van der Waals surface area contributed by atoms with Crippen LogP contribution in [-0.4, -0.2) is 29.6 Å². The number of methoxy groups -OCH3 is 1. The van der Waals surface area contributed by atoms with Gasteiger partial charge in [0, 0.05) is 12.7 Å². The summed E-state index contributed by atoms with van der Waals surface area (Å²) in [5, 5.41) is 3.31. The van der Waals surface area contributed by atoms with Gasteiger partial charge in [0.2, 0.25) is 5.82 Å². The third-order valence-electron chi connectivity index (χ3n) is 3.86. The number of aromatic nitrogens is 2. The van der Waals surface area contributed by atoms with E-state index < -0.39 is 5.97 Å². The average Bonchev–Trinajstić information content (AvgIpc) is 2.46. The van der Waals surface area contributed by atoms with Gasteiger partial charge in [0.15, 0.2) is 0 Å². The first-order chi connectivity index (χ1) is 9.20. The van der Waals surface area contributed by atoms with E-state index >= 15 is 0 Å². The molecule has 0 amide bonds. The molecule has 0 saturated heterocycles. The number of esters is 1. The van der Waals surface area contributed by atoms with E-state index in [0.29, 0.717) is 11.7 Å². The number of nitrogens with one attached hydrogen (secondary N) is 1. The molecule has 1 heterocycles. The van der Waals surface area contributed by atoms with Crippen LogP contribution in [0, 0.1) is 11.8 Å². The molecule has 2 unspecified atom stereocenters. The third kappa shape index (κ3) is 3.66. The van der Waals surface area contributed by atoms with E-state index in [9.17, 15) is 4.79 Å². The van der Waals surface area contributed by atoms with Crippen molar-refractivity contribution in [3.8, 4) is 0 Å². The van der Waals surface area contributed by atoms with Crippen molar-refractivity contribution >= 4 is 11.8 Å². The van der Waals surface area contributed by atoms with Crippen molar-refractivity contribution in [1.82, 2.24) is 9.97 Å². The number of rotatable bonds is 4. The van der Waals surface area contributed by atoms with E-state index in [1.807, 2.05) is 0 Å². The molecule has 19 heavy (non-hydrogen) atoms. The summed E-state index contributed by atoms with van der Waals surface area (Å²) in [6.07, 6.45) is 6.81. The highest BCUT2D eigenvalue weighted by Crippen LogP contribution is 2.29. The van der Waals surface area contributed by atoms with Gasteiger partial charge in [0.1, 0.15) is 5.82 Å². The Labute approximate surface area is 113 Å². The highest BCUT2D eigenvalue weighted by molar-refractivity contribution is 5.85. The standard InChI is InChI=1S/C14H21N3O2/c1-10-5-3-4-6-11(10)9-16-12-7-8-15-13(17-12)14(18)19-2/h7-8,10-11H,3-6,9H2,1-2H3,(H,15,16,17). The van der Waals surface area contributed by atoms with Crippen LogP contribution in [0.1, 0.15) is 43.2 Å². The van der Waals surface area contributed by atoms with Gasteiger partial charge < -0.3 is 10.1 Å². The maximum atomic E-state index is 11.3. The first-order valence-electron chi connectivity index (χ1n) is 6.86. The fraction of sp³-hybridized carbons (Fsp3) is 0.643. The Kier molecular flexibility index (Phi) is 4.71. The van der Waals surface area contributed by atoms with E-state index in [-0.39, 0.29) is 5.82 Å². The zero-order valence-corrected chi connectivity index (χ0v) is 11.6. The molecule has 1 aliphatic rings. The summed E-state index contributed by atoms with van der Waals surface area (Å²) in [5.74, 6) is 1.72. The van der Waals surface area contributed by atoms with E-state index in [2.05, 4.69) is 26.9 Å². The Balaban J connectivity index is 1.93. The van der Waals surface area contributed by atoms with Crippen molar-refractivity contribution < 1.29 is 9.53 Å². The van der Waals surface area contributed by atoms with Crippen molar-refractivity contribution in [2.45, 2.75) is 32.6 Å². The molecule has 0 spiro atoms. The van der Waals surface area contributed by atoms with E-state index in [1.54, 1.807) is 12.3 Å². The Bertz CT molecular complexity index is 436. The first kappa shape index (κ1) is 13.8. The molecular weight excluding hydrogens is 242 g/mol. The fourth-order valence-electron chi connectivity index (χ4n) is 2.58. The molecule has 5 nitrogen and oxygen atoms in total. The number of nitrogens with zero attached hydrogens (tertiary/aromatic N) is 2. The van der Waals surface area contributed by atoms with E-state index in [1.165, 1.54) is 32.8 Å². The molecule has 2 atom stereocenters. The summed E-state index contributed by atoms with van der Waals surface area (Å²) < 4.78 is 4.61. The number of anilines is 1. The van der Waals surface area contributed by atoms with Gasteiger partial charge in [-0.1, -0.05) is 26.2 Å². The van der Waals surface area contributed by atoms with Gasteiger partial charge in [-0.3, -0.25) is 0 Å². The molecule has 1 aromatic heterocycles. The molecule has 1 N–H and O–H groups in total. The highest BCUT2D eigenvalue weighted by atomic mass is 16.5. The Morgan fingerprint density at radius 3 is 3.00 bits per heavy atom. The van der Waals surface area contributed by atoms with Crippen LogP contribution in [0.5, 0.6) is 0 Å². The summed E-state index contributed by atoms with van der Waals surface area (Å²) in [5.41, 5.74) is 0. The van der Waals surface area contributed by atoms with Gasteiger partial charge in [0.05, 0.1) is 7.11 Å². The molecule has 0 bridgehead atoms. The maximum absolute atomic E-state index is 11.3. The molecule has 5 heteroatoms. The van der Waals surface area contributed by atoms with Gasteiger partial charge in [0.25, 0.3) is 0 Å². The van der Waals surface area contributed by atoms with Crippen molar-refractivity contribution in [3.05, 3.63) is 18.1 Å². The second-order valence-corrected chi connectivity index (χ2v) is 5.16. The number of carbonyl (C=O) groups excluding carboxylic acids is 1. The zero-order valence-electron chi connectivity index (χ0n) is 11.6. The summed E-state index contributed by atoms with van der Waals surface area (Å²) in [6, 6.07) is 1.78. The van der Waals surface area contributed by atoms with Crippen LogP contribution in [0.15, 0.2) is 12.3 Å². The van der Waals surface area contributed by atoms with Gasteiger partial charge in [-0.05, 0) is 24.3 Å². The highest BCUT2D eigenvalue weighted by Gasteiger charge is 2.21. The van der Waals surface area contributed by atoms with Crippen LogP contribution in [0.3, 0.4) is 0 Å². The quantitative estimate of drug-likeness (QED) is 0.845. The molecule has 0 aliphatic heterocycles. The molecule has 2 rings (SSSR count). The van der Waals surface area contributed by atoms with Crippen molar-refractivity contribution in [3.63, 3.8) is 0 Å². The smallest absolute Gasteiger partial charge is 0.376 e. The number of hydrogen-bond donors (Lipinski definition) is 1. The number of ether oxygens (including phenoxy) is 1. The lowest BCUT2D eigenvalue weighted by atomic mass is 9.80. The van der Waals surface area contributed by atoms with Crippen molar-refractivity contribution in [1.29, 1.82) is 0 Å². The number of carbonyl (C=O) groups is 1. The Hall–Kier alpha value is -1.65. The number of hydrogen-bond acceptors (Lipinski definition) is 5. The minimum atomic E-state index is -0.505. The minimum absolute atomic E-state index is 0.101. The van der Waals surface area contributed by atoms with Gasteiger partial charge in [-0.25, -0.2) is 14.8 Å². The topological polar surface area (TPSA) is 64.1 Å². The van der Waals surface area contributed by atoms with E-state index in [4.69, 9.17) is 0 Å². The average molecular weight is 263 g/mol. The largest absolute Gasteiger partial charge is 0.463 e. The summed E-state index contributed by atoms with van der Waals surface area (Å²) in [6.45, 7) is 3.21. The lowest BCUT2D eigenvalue weighted by Crippen LogP contribution is -2.24.